The summed E-state index contributed by atoms with van der Waals surface area (Å²) in [6, 6.07) is 0. The van der Waals surface area contributed by atoms with Crippen LogP contribution >= 0.6 is 7.82 Å². The van der Waals surface area contributed by atoms with Crippen molar-refractivity contribution in [2.24, 2.45) is 0 Å². The van der Waals surface area contributed by atoms with E-state index in [1.807, 2.05) is 0 Å². The molecule has 9 heteroatoms. The Bertz CT molecular complexity index is 807. The number of carbonyl (C=O) groups is 2. The summed E-state index contributed by atoms with van der Waals surface area (Å²) in [6.45, 7) is 3.64. The van der Waals surface area contributed by atoms with Gasteiger partial charge in [0.2, 0.25) is 0 Å². The predicted octanol–water partition coefficient (Wildman–Crippen LogP) is 10.8. The molecule has 270 valence electrons. The van der Waals surface area contributed by atoms with E-state index in [0.717, 1.165) is 64.2 Å². The van der Waals surface area contributed by atoms with Crippen molar-refractivity contribution in [3.05, 3.63) is 24.3 Å². The second-order valence-electron chi connectivity index (χ2n) is 12.5. The highest BCUT2D eigenvalue weighted by Gasteiger charge is 2.22. The number of esters is 2. The van der Waals surface area contributed by atoms with E-state index in [-0.39, 0.29) is 19.4 Å². The van der Waals surface area contributed by atoms with Crippen molar-refractivity contribution < 1.29 is 37.9 Å². The Morgan fingerprint density at radius 2 is 0.913 bits per heavy atom. The maximum atomic E-state index is 12.3. The van der Waals surface area contributed by atoms with Crippen LogP contribution in [0.5, 0.6) is 0 Å². The third kappa shape index (κ3) is 35.4. The highest BCUT2D eigenvalue weighted by atomic mass is 31.2. The quantitative estimate of drug-likeness (QED) is 0.0300. The highest BCUT2D eigenvalue weighted by molar-refractivity contribution is 7.46. The molecule has 0 aliphatic rings. The van der Waals surface area contributed by atoms with Crippen molar-refractivity contribution >= 4 is 19.8 Å². The zero-order valence-corrected chi connectivity index (χ0v) is 30.4. The van der Waals surface area contributed by atoms with Gasteiger partial charge in [-0.1, -0.05) is 128 Å². The van der Waals surface area contributed by atoms with Crippen molar-refractivity contribution in [2.75, 3.05) is 13.2 Å². The SMILES string of the molecule is CCCCCC/C=C\CCCCCCCC(=O)OCC(COP(=O)(O)O)OC(=O)CCCCCCC/C=C\CCCCCCCC. The first-order chi connectivity index (χ1) is 22.3. The molecule has 0 heterocycles. The summed E-state index contributed by atoms with van der Waals surface area (Å²) < 4.78 is 26.3. The first-order valence-corrected chi connectivity index (χ1v) is 20.2. The van der Waals surface area contributed by atoms with Gasteiger partial charge in [0, 0.05) is 12.8 Å². The fourth-order valence-electron chi connectivity index (χ4n) is 5.13. The van der Waals surface area contributed by atoms with Crippen LogP contribution in [0.4, 0.5) is 0 Å². The summed E-state index contributed by atoms with van der Waals surface area (Å²) in [5.41, 5.74) is 0. The molecule has 0 saturated heterocycles. The van der Waals surface area contributed by atoms with Crippen molar-refractivity contribution in [2.45, 2.75) is 187 Å². The van der Waals surface area contributed by atoms with E-state index in [0.29, 0.717) is 12.8 Å². The van der Waals surface area contributed by atoms with Gasteiger partial charge < -0.3 is 19.3 Å². The molecule has 0 aromatic heterocycles. The first kappa shape index (κ1) is 44.5. The maximum Gasteiger partial charge on any atom is 0.469 e. The number of hydrogen-bond acceptors (Lipinski definition) is 6. The van der Waals surface area contributed by atoms with Crippen LogP contribution in [0.3, 0.4) is 0 Å². The summed E-state index contributed by atoms with van der Waals surface area (Å²) in [5.74, 6) is -0.903. The largest absolute Gasteiger partial charge is 0.469 e. The van der Waals surface area contributed by atoms with Gasteiger partial charge in [-0.3, -0.25) is 14.1 Å². The van der Waals surface area contributed by atoms with Crippen molar-refractivity contribution in [1.29, 1.82) is 0 Å². The number of unbranched alkanes of at least 4 members (excludes halogenated alkanes) is 20. The minimum Gasteiger partial charge on any atom is -0.462 e. The molecule has 0 aromatic rings. The van der Waals surface area contributed by atoms with E-state index in [4.69, 9.17) is 19.3 Å². The Labute approximate surface area is 281 Å². The van der Waals surface area contributed by atoms with E-state index in [2.05, 4.69) is 42.7 Å². The van der Waals surface area contributed by atoms with E-state index in [9.17, 15) is 14.2 Å². The third-order valence-electron chi connectivity index (χ3n) is 7.94. The average Bonchev–Trinajstić information content (AvgIpc) is 3.02. The fraction of sp³-hybridized carbons (Fsp3) is 0.838. The van der Waals surface area contributed by atoms with Gasteiger partial charge in [-0.25, -0.2) is 4.57 Å². The van der Waals surface area contributed by atoms with E-state index >= 15 is 0 Å². The van der Waals surface area contributed by atoms with Gasteiger partial charge in [0.25, 0.3) is 0 Å². The molecule has 0 aliphatic carbocycles. The van der Waals surface area contributed by atoms with Crippen LogP contribution in [-0.4, -0.2) is 41.0 Å². The molecule has 2 N–H and O–H groups in total. The zero-order valence-electron chi connectivity index (χ0n) is 29.5. The molecule has 0 spiro atoms. The van der Waals surface area contributed by atoms with E-state index < -0.39 is 32.5 Å². The van der Waals surface area contributed by atoms with Crippen LogP contribution in [0.15, 0.2) is 24.3 Å². The smallest absolute Gasteiger partial charge is 0.462 e. The molecule has 0 saturated carbocycles. The Morgan fingerprint density at radius 3 is 1.35 bits per heavy atom. The molecule has 0 aromatic carbocycles. The number of phosphoric ester groups is 1. The second-order valence-corrected chi connectivity index (χ2v) is 13.8. The molecule has 46 heavy (non-hydrogen) atoms. The van der Waals surface area contributed by atoms with Crippen molar-refractivity contribution in [3.8, 4) is 0 Å². The molecule has 0 fully saturated rings. The number of ether oxygens (including phenoxy) is 2. The summed E-state index contributed by atoms with van der Waals surface area (Å²) in [4.78, 5) is 42.6. The molecule has 0 amide bonds. The van der Waals surface area contributed by atoms with Gasteiger partial charge in [-0.05, 0) is 64.2 Å². The van der Waals surface area contributed by atoms with E-state index in [1.165, 1.54) is 77.0 Å². The van der Waals surface area contributed by atoms with Gasteiger partial charge in [-0.15, -0.1) is 0 Å². The number of rotatable bonds is 34. The van der Waals surface area contributed by atoms with Gasteiger partial charge in [-0.2, -0.15) is 0 Å². The van der Waals surface area contributed by atoms with Crippen LogP contribution in [0.25, 0.3) is 0 Å². The summed E-state index contributed by atoms with van der Waals surface area (Å²) in [5, 5.41) is 0. The minimum absolute atomic E-state index is 0.202. The third-order valence-corrected chi connectivity index (χ3v) is 8.43. The normalized spacial score (nSPS) is 12.7. The van der Waals surface area contributed by atoms with Gasteiger partial charge in [0.15, 0.2) is 6.10 Å². The molecule has 1 unspecified atom stereocenters. The number of phosphoric acid groups is 1. The standard InChI is InChI=1S/C37H69O8P/c1-3-5-7-9-11-13-15-17-18-20-22-24-26-28-30-32-37(39)45-35(34-44-46(40,41)42)33-43-36(38)31-29-27-25-23-21-19-16-14-12-10-8-6-4-2/h14,16-18,35H,3-13,15,19-34H2,1-2H3,(H2,40,41,42)/b16-14-,18-17-. The van der Waals surface area contributed by atoms with Crippen molar-refractivity contribution in [3.63, 3.8) is 0 Å². The van der Waals surface area contributed by atoms with Crippen LogP contribution in [0.1, 0.15) is 181 Å². The van der Waals surface area contributed by atoms with Gasteiger partial charge in [0.1, 0.15) is 6.61 Å². The number of hydrogen-bond donors (Lipinski definition) is 2. The highest BCUT2D eigenvalue weighted by Crippen LogP contribution is 2.36. The lowest BCUT2D eigenvalue weighted by Crippen LogP contribution is -2.29. The molecule has 0 radical (unpaired) electrons. The number of carbonyl (C=O) groups excluding carboxylic acids is 2. The fourth-order valence-corrected chi connectivity index (χ4v) is 5.49. The van der Waals surface area contributed by atoms with Crippen LogP contribution < -0.4 is 0 Å². The summed E-state index contributed by atoms with van der Waals surface area (Å²) in [7, 11) is -4.75. The lowest BCUT2D eigenvalue weighted by molar-refractivity contribution is -0.161. The lowest BCUT2D eigenvalue weighted by Gasteiger charge is -2.18. The molecule has 0 aliphatic heterocycles. The monoisotopic (exact) mass is 672 g/mol. The molecule has 0 bridgehead atoms. The Morgan fingerprint density at radius 1 is 0.543 bits per heavy atom. The Hall–Kier alpha value is -1.47. The summed E-state index contributed by atoms with van der Waals surface area (Å²) >= 11 is 0. The minimum atomic E-state index is -4.75. The molecule has 8 nitrogen and oxygen atoms in total. The molecule has 0 rings (SSSR count). The second kappa shape index (κ2) is 33.4. The predicted molar refractivity (Wildman–Crippen MR) is 189 cm³/mol. The Kier molecular flexibility index (Phi) is 32.4. The molecular formula is C37H69O8P. The maximum absolute atomic E-state index is 12.3. The Balaban J connectivity index is 3.99. The first-order valence-electron chi connectivity index (χ1n) is 18.6. The topological polar surface area (TPSA) is 119 Å². The van der Waals surface area contributed by atoms with Crippen molar-refractivity contribution in [1.82, 2.24) is 0 Å². The lowest BCUT2D eigenvalue weighted by atomic mass is 10.1. The van der Waals surface area contributed by atoms with Gasteiger partial charge >= 0.3 is 19.8 Å². The van der Waals surface area contributed by atoms with E-state index in [1.54, 1.807) is 0 Å². The van der Waals surface area contributed by atoms with Crippen LogP contribution in [0, 0.1) is 0 Å². The summed E-state index contributed by atoms with van der Waals surface area (Å²) in [6.07, 6.45) is 36.1. The average molecular weight is 673 g/mol. The zero-order chi connectivity index (χ0) is 34.0. The van der Waals surface area contributed by atoms with Crippen LogP contribution in [0.2, 0.25) is 0 Å². The van der Waals surface area contributed by atoms with Gasteiger partial charge in [0.05, 0.1) is 6.61 Å². The molecular weight excluding hydrogens is 603 g/mol. The molecule has 1 atom stereocenters. The number of allylic oxidation sites excluding steroid dienone is 4. The van der Waals surface area contributed by atoms with Crippen LogP contribution in [-0.2, 0) is 28.2 Å².